The number of carbonyl (C=O) groups excluding carboxylic acids is 1. The van der Waals surface area contributed by atoms with E-state index in [2.05, 4.69) is 4.84 Å². The van der Waals surface area contributed by atoms with Gasteiger partial charge in [-0.05, 0) is 6.42 Å². The van der Waals surface area contributed by atoms with Gasteiger partial charge in [0.25, 0.3) is 0 Å². The number of carboxylic acids is 1. The van der Waals surface area contributed by atoms with Crippen molar-refractivity contribution in [3.63, 3.8) is 0 Å². The summed E-state index contributed by atoms with van der Waals surface area (Å²) in [5, 5.41) is 9.37. The highest BCUT2D eigenvalue weighted by Crippen LogP contribution is 2.05. The van der Waals surface area contributed by atoms with E-state index < -0.39 is 11.9 Å². The second-order valence-electron chi connectivity index (χ2n) is 1.97. The third-order valence-electron chi connectivity index (χ3n) is 1.20. The van der Waals surface area contributed by atoms with E-state index in [4.69, 9.17) is 5.11 Å². The van der Waals surface area contributed by atoms with Gasteiger partial charge in [-0.25, -0.2) is 9.59 Å². The zero-order chi connectivity index (χ0) is 7.56. The second kappa shape index (κ2) is 2.66. The largest absolute Gasteiger partial charge is 0.473 e. The highest BCUT2D eigenvalue weighted by atomic mass is 16.7. The molecule has 1 saturated heterocycles. The Bertz CT molecular complexity index is 163. The third-order valence-corrected chi connectivity index (χ3v) is 1.20. The lowest BCUT2D eigenvalue weighted by atomic mass is 10.3. The average molecular weight is 145 g/mol. The Kier molecular flexibility index (Phi) is 1.86. The van der Waals surface area contributed by atoms with Gasteiger partial charge in [-0.1, -0.05) is 0 Å². The van der Waals surface area contributed by atoms with Crippen LogP contribution in [0.2, 0.25) is 0 Å². The Hall–Kier alpha value is -1.10. The molecule has 0 spiro atoms. The molecular weight excluding hydrogens is 138 g/mol. The van der Waals surface area contributed by atoms with Gasteiger partial charge in [0.2, 0.25) is 0 Å². The number of nitrogens with zero attached hydrogens (tertiary/aromatic N) is 1. The van der Waals surface area contributed by atoms with Crippen molar-refractivity contribution in [2.24, 2.45) is 0 Å². The molecule has 0 saturated carbocycles. The summed E-state index contributed by atoms with van der Waals surface area (Å²) < 4.78 is 0. The van der Waals surface area contributed by atoms with Crippen LogP contribution in [0.25, 0.3) is 0 Å². The van der Waals surface area contributed by atoms with E-state index in [9.17, 15) is 9.59 Å². The highest BCUT2D eigenvalue weighted by molar-refractivity contribution is 6.28. The lowest BCUT2D eigenvalue weighted by Gasteiger charge is -2.27. The molecule has 0 aliphatic carbocycles. The summed E-state index contributed by atoms with van der Waals surface area (Å²) in [5.74, 6) is -2.76. The van der Waals surface area contributed by atoms with Gasteiger partial charge in [-0.15, -0.1) is 5.06 Å². The van der Waals surface area contributed by atoms with Gasteiger partial charge in [-0.3, -0.25) is 0 Å². The maximum absolute atomic E-state index is 10.3. The molecule has 5 heteroatoms. The summed E-state index contributed by atoms with van der Waals surface area (Å²) in [6.07, 6.45) is 0.951. The normalized spacial score (nSPS) is 17.6. The van der Waals surface area contributed by atoms with Crippen molar-refractivity contribution < 1.29 is 19.5 Å². The van der Waals surface area contributed by atoms with Crippen molar-refractivity contribution in [2.45, 2.75) is 6.42 Å². The molecule has 0 amide bonds. The summed E-state index contributed by atoms with van der Waals surface area (Å²) in [6, 6.07) is 0. The van der Waals surface area contributed by atoms with E-state index in [1.165, 1.54) is 5.06 Å². The van der Waals surface area contributed by atoms with E-state index in [0.29, 0.717) is 13.1 Å². The smallest absolute Gasteiger partial charge is 0.436 e. The summed E-state index contributed by atoms with van der Waals surface area (Å²) in [7, 11) is 0. The first kappa shape index (κ1) is 7.01. The first-order valence-electron chi connectivity index (χ1n) is 2.90. The van der Waals surface area contributed by atoms with Gasteiger partial charge in [0, 0.05) is 13.1 Å². The highest BCUT2D eigenvalue weighted by Gasteiger charge is 2.22. The molecule has 1 N–H and O–H groups in total. The molecule has 1 aliphatic heterocycles. The van der Waals surface area contributed by atoms with Gasteiger partial charge in [0.1, 0.15) is 0 Å². The monoisotopic (exact) mass is 145 g/mol. The van der Waals surface area contributed by atoms with Gasteiger partial charge in [0.05, 0.1) is 0 Å². The SMILES string of the molecule is O=C(O)C(=O)ON1CCC1. The molecule has 1 rings (SSSR count). The van der Waals surface area contributed by atoms with E-state index in [0.717, 1.165) is 6.42 Å². The van der Waals surface area contributed by atoms with E-state index >= 15 is 0 Å². The number of carbonyl (C=O) groups is 2. The molecule has 1 aliphatic rings. The van der Waals surface area contributed by atoms with Crippen LogP contribution in [-0.2, 0) is 14.4 Å². The van der Waals surface area contributed by atoms with Crippen molar-refractivity contribution >= 4 is 11.9 Å². The molecule has 10 heavy (non-hydrogen) atoms. The minimum absolute atomic E-state index is 0.638. The van der Waals surface area contributed by atoms with Crippen molar-refractivity contribution in [1.29, 1.82) is 0 Å². The van der Waals surface area contributed by atoms with Gasteiger partial charge in [-0.2, -0.15) is 0 Å². The molecular formula is C5H7NO4. The van der Waals surface area contributed by atoms with Gasteiger partial charge >= 0.3 is 11.9 Å². The summed E-state index contributed by atoms with van der Waals surface area (Å²) in [6.45, 7) is 1.28. The van der Waals surface area contributed by atoms with Crippen LogP contribution in [0.4, 0.5) is 0 Å². The molecule has 1 fully saturated rings. The van der Waals surface area contributed by atoms with Crippen molar-refractivity contribution in [2.75, 3.05) is 13.1 Å². The minimum Gasteiger partial charge on any atom is -0.473 e. The third kappa shape index (κ3) is 1.44. The van der Waals surface area contributed by atoms with Crippen LogP contribution in [0.3, 0.4) is 0 Å². The summed E-state index contributed by atoms with van der Waals surface area (Å²) in [5.41, 5.74) is 0. The van der Waals surface area contributed by atoms with Crippen molar-refractivity contribution in [3.05, 3.63) is 0 Å². The fourth-order valence-corrected chi connectivity index (χ4v) is 0.535. The molecule has 0 radical (unpaired) electrons. The van der Waals surface area contributed by atoms with E-state index in [1.807, 2.05) is 0 Å². The second-order valence-corrected chi connectivity index (χ2v) is 1.97. The molecule has 0 aromatic rings. The Morgan fingerprint density at radius 3 is 2.30 bits per heavy atom. The zero-order valence-corrected chi connectivity index (χ0v) is 5.24. The van der Waals surface area contributed by atoms with Crippen LogP contribution >= 0.6 is 0 Å². The Balaban J connectivity index is 2.23. The number of hydrogen-bond donors (Lipinski definition) is 1. The standard InChI is InChI=1S/C5H7NO4/c7-4(8)5(9)10-6-2-1-3-6/h1-3H2,(H,7,8). The molecule has 0 aromatic heterocycles. The maximum Gasteiger partial charge on any atom is 0.436 e. The Morgan fingerprint density at radius 2 is 2.00 bits per heavy atom. The van der Waals surface area contributed by atoms with Crippen molar-refractivity contribution in [1.82, 2.24) is 5.06 Å². The summed E-state index contributed by atoms with van der Waals surface area (Å²) in [4.78, 5) is 24.5. The zero-order valence-electron chi connectivity index (χ0n) is 5.24. The first-order chi connectivity index (χ1) is 4.70. The lowest BCUT2D eigenvalue weighted by molar-refractivity contribution is -0.211. The average Bonchev–Trinajstić information content (AvgIpc) is 1.77. The number of aliphatic carboxylic acids is 1. The van der Waals surface area contributed by atoms with Crippen molar-refractivity contribution in [3.8, 4) is 0 Å². The van der Waals surface area contributed by atoms with E-state index in [1.54, 1.807) is 0 Å². The fourth-order valence-electron chi connectivity index (χ4n) is 0.535. The number of hydroxylamine groups is 2. The van der Waals surface area contributed by atoms with Gasteiger partial charge in [0.15, 0.2) is 0 Å². The Labute approximate surface area is 57.1 Å². The molecule has 1 heterocycles. The quantitative estimate of drug-likeness (QED) is 0.491. The number of hydrogen-bond acceptors (Lipinski definition) is 4. The van der Waals surface area contributed by atoms with Gasteiger partial charge < -0.3 is 9.94 Å². The first-order valence-corrected chi connectivity index (χ1v) is 2.90. The number of carboxylic acid groups (broad SMARTS) is 1. The summed E-state index contributed by atoms with van der Waals surface area (Å²) >= 11 is 0. The predicted molar refractivity (Wildman–Crippen MR) is 29.9 cm³/mol. The molecule has 0 atom stereocenters. The van der Waals surface area contributed by atoms with Crippen LogP contribution < -0.4 is 0 Å². The van der Waals surface area contributed by atoms with Crippen LogP contribution in [0.5, 0.6) is 0 Å². The Morgan fingerprint density at radius 1 is 1.40 bits per heavy atom. The van der Waals surface area contributed by atoms with Crippen LogP contribution in [0.1, 0.15) is 6.42 Å². The topological polar surface area (TPSA) is 66.8 Å². The van der Waals surface area contributed by atoms with Crippen LogP contribution in [0.15, 0.2) is 0 Å². The molecule has 5 nitrogen and oxygen atoms in total. The lowest BCUT2D eigenvalue weighted by Crippen LogP contribution is -2.40. The van der Waals surface area contributed by atoms with Crippen LogP contribution in [0, 0.1) is 0 Å². The molecule has 0 aromatic carbocycles. The van der Waals surface area contributed by atoms with Crippen LogP contribution in [-0.4, -0.2) is 35.2 Å². The minimum atomic E-state index is -1.55. The maximum atomic E-state index is 10.3. The molecule has 0 bridgehead atoms. The number of rotatable bonds is 1. The van der Waals surface area contributed by atoms with E-state index in [-0.39, 0.29) is 0 Å². The fraction of sp³-hybridized carbons (Fsp3) is 0.600. The molecule has 56 valence electrons. The predicted octanol–water partition coefficient (Wildman–Crippen LogP) is -0.765. The molecule has 0 unspecified atom stereocenters.